The molecule has 9 N–H and O–H groups in total. The van der Waals surface area contributed by atoms with E-state index in [1.165, 1.54) is 250 Å². The van der Waals surface area contributed by atoms with Crippen LogP contribution in [0.2, 0.25) is 0 Å². The first-order valence-corrected chi connectivity index (χ1v) is 35.1. The average Bonchev–Trinajstić information content (AvgIpc) is 3.56. The highest BCUT2D eigenvalue weighted by Gasteiger charge is 2.51. The van der Waals surface area contributed by atoms with Crippen LogP contribution in [0.4, 0.5) is 0 Å². The number of aliphatic hydroxyl groups excluding tert-OH is 8. The number of hydrogen-bond donors (Lipinski definition) is 9. The monoisotopic (exact) mass is 1180 g/mol. The van der Waals surface area contributed by atoms with Gasteiger partial charge in [0, 0.05) is 6.42 Å². The second-order valence-electron chi connectivity index (χ2n) is 25.0. The zero-order valence-corrected chi connectivity index (χ0v) is 53.2. The lowest BCUT2D eigenvalue weighted by Gasteiger charge is -2.46. The zero-order chi connectivity index (χ0) is 60.2. The van der Waals surface area contributed by atoms with Crippen molar-refractivity contribution >= 4 is 5.91 Å². The molecule has 14 nitrogen and oxygen atoms in total. The number of aliphatic hydroxyl groups is 8. The van der Waals surface area contributed by atoms with Crippen molar-refractivity contribution in [3.05, 3.63) is 24.3 Å². The molecule has 0 radical (unpaired) electrons. The van der Waals surface area contributed by atoms with E-state index in [2.05, 4.69) is 31.3 Å². The molecule has 490 valence electrons. The SMILES string of the molecule is CCCCCCCCCCCCCCCCCCCCCCCCCCCCC/C=C/CC/C=C/C(O)C(COC1OC(CO)C(OC2OC(CO)C(O)C(O)C2O)C(O)C1O)NC(=O)CCCCCCCCCCCCCCCCCC. The fraction of sp³-hybridized carbons (Fsp3) is 0.928. The predicted octanol–water partition coefficient (Wildman–Crippen LogP) is 14.0. The van der Waals surface area contributed by atoms with Crippen molar-refractivity contribution in [2.75, 3.05) is 19.8 Å². The summed E-state index contributed by atoms with van der Waals surface area (Å²) in [7, 11) is 0. The summed E-state index contributed by atoms with van der Waals surface area (Å²) in [6, 6.07) is -0.928. The zero-order valence-electron chi connectivity index (χ0n) is 53.2. The summed E-state index contributed by atoms with van der Waals surface area (Å²) in [6.45, 7) is 2.83. The Balaban J connectivity index is 1.65. The van der Waals surface area contributed by atoms with E-state index >= 15 is 0 Å². The van der Waals surface area contributed by atoms with E-state index in [1.807, 2.05) is 6.08 Å². The summed E-state index contributed by atoms with van der Waals surface area (Å²) < 4.78 is 22.8. The van der Waals surface area contributed by atoms with Gasteiger partial charge in [0.1, 0.15) is 48.8 Å². The largest absolute Gasteiger partial charge is 0.394 e. The lowest BCUT2D eigenvalue weighted by Crippen LogP contribution is -2.65. The van der Waals surface area contributed by atoms with E-state index in [1.54, 1.807) is 6.08 Å². The molecule has 2 aliphatic rings. The molecule has 2 saturated heterocycles. The molecule has 2 aliphatic heterocycles. The maximum atomic E-state index is 13.3. The third kappa shape index (κ3) is 39.2. The molecule has 2 heterocycles. The number of carbonyl (C=O) groups excluding carboxylic acids is 1. The van der Waals surface area contributed by atoms with Gasteiger partial charge in [-0.2, -0.15) is 0 Å². The van der Waals surface area contributed by atoms with E-state index in [9.17, 15) is 45.6 Å². The Morgan fingerprint density at radius 3 is 1.18 bits per heavy atom. The summed E-state index contributed by atoms with van der Waals surface area (Å²) in [5.41, 5.74) is 0. The minimum absolute atomic E-state index is 0.244. The van der Waals surface area contributed by atoms with Crippen LogP contribution in [-0.2, 0) is 23.7 Å². The van der Waals surface area contributed by atoms with E-state index in [-0.39, 0.29) is 18.9 Å². The lowest BCUT2D eigenvalue weighted by atomic mass is 9.97. The Labute approximate surface area is 507 Å². The Morgan fingerprint density at radius 2 is 0.771 bits per heavy atom. The molecule has 14 heteroatoms. The number of allylic oxidation sites excluding steroid dienone is 3. The van der Waals surface area contributed by atoms with Gasteiger partial charge in [-0.1, -0.05) is 301 Å². The number of carbonyl (C=O) groups is 1. The van der Waals surface area contributed by atoms with Gasteiger partial charge >= 0.3 is 0 Å². The summed E-state index contributed by atoms with van der Waals surface area (Å²) in [5.74, 6) is -0.244. The topological polar surface area (TPSA) is 228 Å². The summed E-state index contributed by atoms with van der Waals surface area (Å²) >= 11 is 0. The smallest absolute Gasteiger partial charge is 0.220 e. The summed E-state index contributed by atoms with van der Waals surface area (Å²) in [4.78, 5) is 13.3. The van der Waals surface area contributed by atoms with Crippen molar-refractivity contribution in [2.45, 2.75) is 389 Å². The van der Waals surface area contributed by atoms with Crippen molar-refractivity contribution in [3.8, 4) is 0 Å². The third-order valence-electron chi connectivity index (χ3n) is 17.4. The molecule has 1 amide bonds. The van der Waals surface area contributed by atoms with Gasteiger partial charge in [0.2, 0.25) is 5.91 Å². The summed E-state index contributed by atoms with van der Waals surface area (Å²) in [6.07, 6.45) is 51.1. The number of hydrogen-bond acceptors (Lipinski definition) is 13. The maximum absolute atomic E-state index is 13.3. The van der Waals surface area contributed by atoms with E-state index in [0.29, 0.717) is 12.8 Å². The standard InChI is InChI=1S/C69H131NO13/c1-3-5-7-9-11-13-15-17-19-21-22-23-24-25-26-27-28-29-30-31-32-33-34-35-36-37-38-40-42-44-46-48-50-52-58(73)57(70-61(74)53-51-49-47-45-43-41-39-20-18-16-14-12-10-8-6-4-2)56-80-68-66(79)64(77)67(60(55-72)82-68)83-69-65(78)63(76)62(75)59(54-71)81-69/h42,44,50,52,57-60,62-69,71-73,75-79H,3-41,43,45-49,51,53-56H2,1-2H3,(H,70,74)/b44-42+,52-50+. The predicted molar refractivity (Wildman–Crippen MR) is 337 cm³/mol. The lowest BCUT2D eigenvalue weighted by molar-refractivity contribution is -0.359. The second-order valence-corrected chi connectivity index (χ2v) is 25.0. The van der Waals surface area contributed by atoms with E-state index in [4.69, 9.17) is 18.9 Å². The first kappa shape index (κ1) is 77.6. The summed E-state index contributed by atoms with van der Waals surface area (Å²) in [5, 5.41) is 87.3. The highest BCUT2D eigenvalue weighted by molar-refractivity contribution is 5.76. The van der Waals surface area contributed by atoms with E-state index < -0.39 is 86.8 Å². The molecule has 0 aromatic heterocycles. The van der Waals surface area contributed by atoms with Crippen molar-refractivity contribution in [2.24, 2.45) is 0 Å². The Bertz CT molecular complexity index is 1490. The highest BCUT2D eigenvalue weighted by atomic mass is 16.7. The van der Waals surface area contributed by atoms with Gasteiger partial charge in [-0.25, -0.2) is 0 Å². The molecular weight excluding hydrogens is 1050 g/mol. The van der Waals surface area contributed by atoms with Crippen LogP contribution in [0.15, 0.2) is 24.3 Å². The van der Waals surface area contributed by atoms with E-state index in [0.717, 1.165) is 32.1 Å². The molecular formula is C69H131NO13. The van der Waals surface area contributed by atoms with Crippen molar-refractivity contribution in [1.82, 2.24) is 5.32 Å². The van der Waals surface area contributed by atoms with Crippen LogP contribution in [0.1, 0.15) is 316 Å². The van der Waals surface area contributed by atoms with Crippen LogP contribution in [0.5, 0.6) is 0 Å². The molecule has 0 bridgehead atoms. The number of rotatable bonds is 58. The second kappa shape index (κ2) is 54.6. The molecule has 0 aromatic carbocycles. The van der Waals surface area contributed by atoms with Crippen LogP contribution >= 0.6 is 0 Å². The van der Waals surface area contributed by atoms with Crippen LogP contribution < -0.4 is 5.32 Å². The fourth-order valence-electron chi connectivity index (χ4n) is 11.8. The van der Waals surface area contributed by atoms with Gasteiger partial charge in [0.25, 0.3) is 0 Å². The minimum Gasteiger partial charge on any atom is -0.394 e. The number of nitrogens with one attached hydrogen (secondary N) is 1. The fourth-order valence-corrected chi connectivity index (χ4v) is 11.8. The molecule has 0 aromatic rings. The third-order valence-corrected chi connectivity index (χ3v) is 17.4. The number of ether oxygens (including phenoxy) is 4. The van der Waals surface area contributed by atoms with Crippen LogP contribution in [-0.4, -0.2) is 140 Å². The normalized spacial score (nSPS) is 23.9. The van der Waals surface area contributed by atoms with Crippen LogP contribution in [0.25, 0.3) is 0 Å². The van der Waals surface area contributed by atoms with Crippen molar-refractivity contribution < 1.29 is 64.6 Å². The average molecular weight is 1180 g/mol. The van der Waals surface area contributed by atoms with Crippen molar-refractivity contribution in [3.63, 3.8) is 0 Å². The van der Waals surface area contributed by atoms with Gasteiger partial charge in [-0.15, -0.1) is 0 Å². The molecule has 2 rings (SSSR count). The Hall–Kier alpha value is -1.53. The van der Waals surface area contributed by atoms with Gasteiger partial charge in [-0.3, -0.25) is 4.79 Å². The minimum atomic E-state index is -1.79. The highest BCUT2D eigenvalue weighted by Crippen LogP contribution is 2.30. The molecule has 12 atom stereocenters. The quantitative estimate of drug-likeness (QED) is 0.0204. The molecule has 83 heavy (non-hydrogen) atoms. The first-order valence-electron chi connectivity index (χ1n) is 35.1. The Morgan fingerprint density at radius 1 is 0.422 bits per heavy atom. The van der Waals surface area contributed by atoms with Gasteiger partial charge in [0.15, 0.2) is 12.6 Å². The van der Waals surface area contributed by atoms with Gasteiger partial charge in [-0.05, 0) is 32.1 Å². The number of unbranched alkanes of at least 4 members (excludes halogenated alkanes) is 43. The molecule has 12 unspecified atom stereocenters. The Kier molecular flexibility index (Phi) is 51.0. The van der Waals surface area contributed by atoms with Gasteiger partial charge < -0.3 is 65.1 Å². The number of amides is 1. The van der Waals surface area contributed by atoms with Crippen LogP contribution in [0, 0.1) is 0 Å². The van der Waals surface area contributed by atoms with Gasteiger partial charge in [0.05, 0.1) is 32.0 Å². The maximum Gasteiger partial charge on any atom is 0.220 e. The van der Waals surface area contributed by atoms with Crippen LogP contribution in [0.3, 0.4) is 0 Å². The molecule has 2 fully saturated rings. The molecule has 0 spiro atoms. The first-order chi connectivity index (χ1) is 40.6. The molecule has 0 aliphatic carbocycles. The van der Waals surface area contributed by atoms with Crippen molar-refractivity contribution in [1.29, 1.82) is 0 Å². The molecule has 0 saturated carbocycles.